The van der Waals surface area contributed by atoms with Gasteiger partial charge in [-0.05, 0) is 57.5 Å². The van der Waals surface area contributed by atoms with Crippen molar-refractivity contribution < 1.29 is 46.1 Å². The van der Waals surface area contributed by atoms with Gasteiger partial charge in [-0.1, -0.05) is 0 Å². The second kappa shape index (κ2) is 8.62. The summed E-state index contributed by atoms with van der Waals surface area (Å²) in [6, 6.07) is 4.66. The molecule has 0 atom stereocenters. The molecule has 0 aliphatic rings. The highest BCUT2D eigenvalue weighted by atomic mass is 19.4. The second-order valence-corrected chi connectivity index (χ2v) is 8.46. The van der Waals surface area contributed by atoms with Gasteiger partial charge in [-0.15, -0.1) is 13.2 Å². The number of carbonyl (C=O) groups is 2. The van der Waals surface area contributed by atoms with Crippen LogP contribution in [-0.2, 0) is 16.0 Å². The molecule has 0 spiro atoms. The number of alkyl halides is 3. The first-order valence-electron chi connectivity index (χ1n) is 9.92. The molecule has 0 radical (unpaired) electrons. The molecule has 0 amide bonds. The van der Waals surface area contributed by atoms with Crippen LogP contribution in [0.2, 0.25) is 0 Å². The Balaban J connectivity index is 2.13. The summed E-state index contributed by atoms with van der Waals surface area (Å²) >= 11 is 0. The summed E-state index contributed by atoms with van der Waals surface area (Å²) < 4.78 is 76.2. The number of ether oxygens (including phenoxy) is 2. The van der Waals surface area contributed by atoms with Crippen molar-refractivity contribution in [2.24, 2.45) is 0 Å². The van der Waals surface area contributed by atoms with Crippen LogP contribution in [0.25, 0.3) is 10.9 Å². The fourth-order valence-electron chi connectivity index (χ4n) is 3.48. The normalized spacial score (nSPS) is 12.1. The molecule has 0 fully saturated rings. The first-order chi connectivity index (χ1) is 15.6. The third-order valence-electron chi connectivity index (χ3n) is 4.77. The van der Waals surface area contributed by atoms with E-state index >= 15 is 0 Å². The Morgan fingerprint density at radius 3 is 2.18 bits per heavy atom. The molecule has 1 aromatic heterocycles. The number of hydrogen-bond donors (Lipinski definition) is 1. The zero-order valence-corrected chi connectivity index (χ0v) is 18.5. The number of aromatic nitrogens is 1. The van der Waals surface area contributed by atoms with Gasteiger partial charge in [0.2, 0.25) is 0 Å². The van der Waals surface area contributed by atoms with E-state index < -0.39 is 53.4 Å². The minimum Gasteiger partial charge on any atom is -0.503 e. The fraction of sp³-hybridized carbons (Fsp3) is 0.304. The molecular formula is C23H20F5NO5. The van der Waals surface area contributed by atoms with Crippen molar-refractivity contribution in [2.45, 2.75) is 46.1 Å². The summed E-state index contributed by atoms with van der Waals surface area (Å²) in [5.41, 5.74) is -1.20. The summed E-state index contributed by atoms with van der Waals surface area (Å²) in [5, 5.41) is 9.41. The number of fused-ring (bicyclic) bond motifs is 1. The smallest absolute Gasteiger partial charge is 0.503 e. The van der Waals surface area contributed by atoms with Gasteiger partial charge in [0.15, 0.2) is 17.4 Å². The first kappa shape index (κ1) is 25.0. The van der Waals surface area contributed by atoms with E-state index in [2.05, 4.69) is 4.74 Å². The topological polar surface area (TPSA) is 77.8 Å². The molecule has 6 nitrogen and oxygen atoms in total. The van der Waals surface area contributed by atoms with Gasteiger partial charge in [-0.3, -0.25) is 14.2 Å². The second-order valence-electron chi connectivity index (χ2n) is 8.46. The van der Waals surface area contributed by atoms with Crippen molar-refractivity contribution in [3.63, 3.8) is 0 Å². The number of carbonyl (C=O) groups excluding carboxylic acids is 2. The third kappa shape index (κ3) is 5.13. The van der Waals surface area contributed by atoms with Crippen LogP contribution in [0.15, 0.2) is 30.3 Å². The van der Waals surface area contributed by atoms with Crippen molar-refractivity contribution in [3.8, 4) is 11.5 Å². The lowest BCUT2D eigenvalue weighted by molar-refractivity contribution is -0.274. The Morgan fingerprint density at radius 1 is 1.06 bits per heavy atom. The largest absolute Gasteiger partial charge is 0.573 e. The van der Waals surface area contributed by atoms with Crippen LogP contribution >= 0.6 is 0 Å². The zero-order chi connectivity index (χ0) is 25.6. The molecule has 1 heterocycles. The number of nitrogens with zero attached hydrogens (tertiary/aromatic N) is 1. The number of hydrogen-bond acceptors (Lipinski definition) is 5. The van der Waals surface area contributed by atoms with E-state index in [1.54, 1.807) is 20.8 Å². The van der Waals surface area contributed by atoms with E-state index in [9.17, 15) is 36.6 Å². The summed E-state index contributed by atoms with van der Waals surface area (Å²) in [6.07, 6.45) is -5.41. The van der Waals surface area contributed by atoms with Crippen LogP contribution in [0, 0.1) is 18.6 Å². The molecular weight excluding hydrogens is 465 g/mol. The number of esters is 1. The third-order valence-corrected chi connectivity index (χ3v) is 4.77. The van der Waals surface area contributed by atoms with E-state index in [4.69, 9.17) is 4.74 Å². The minimum atomic E-state index is -4.92. The van der Waals surface area contributed by atoms with Crippen LogP contribution in [0.1, 0.15) is 42.4 Å². The van der Waals surface area contributed by atoms with Gasteiger partial charge < -0.3 is 14.6 Å². The maximum absolute atomic E-state index is 14.9. The lowest BCUT2D eigenvalue weighted by atomic mass is 10.1. The van der Waals surface area contributed by atoms with Crippen molar-refractivity contribution in [1.82, 2.24) is 4.57 Å². The van der Waals surface area contributed by atoms with Crippen molar-refractivity contribution >= 4 is 22.8 Å². The van der Waals surface area contributed by atoms with Crippen molar-refractivity contribution in [2.75, 3.05) is 0 Å². The molecule has 34 heavy (non-hydrogen) atoms. The van der Waals surface area contributed by atoms with E-state index in [0.29, 0.717) is 0 Å². The predicted molar refractivity (Wildman–Crippen MR) is 111 cm³/mol. The molecule has 2 aromatic carbocycles. The van der Waals surface area contributed by atoms with Crippen LogP contribution < -0.4 is 4.74 Å². The van der Waals surface area contributed by atoms with E-state index in [1.165, 1.54) is 6.92 Å². The molecule has 1 N–H and O–H groups in total. The van der Waals surface area contributed by atoms with E-state index in [-0.39, 0.29) is 27.7 Å². The predicted octanol–water partition coefficient (Wildman–Crippen LogP) is 5.40. The number of benzene rings is 2. The highest BCUT2D eigenvalue weighted by molar-refractivity contribution is 6.05. The average molecular weight is 485 g/mol. The van der Waals surface area contributed by atoms with Crippen LogP contribution in [0.3, 0.4) is 0 Å². The number of halogens is 5. The lowest BCUT2D eigenvalue weighted by Gasteiger charge is -2.19. The molecule has 0 bridgehead atoms. The standard InChI is InChI=1S/C23H20F5NO5/c1-11-14(9-17(30)34-22(2,3)4)18-16(10-15(24)20(31)19(18)25)29(11)21(32)12-5-7-13(8-6-12)33-23(26,27)28/h5-8,10,31H,9H2,1-4H3. The molecule has 3 rings (SSSR count). The quantitative estimate of drug-likeness (QED) is 0.395. The van der Waals surface area contributed by atoms with Crippen molar-refractivity contribution in [3.05, 3.63) is 58.8 Å². The Labute approximate surface area is 190 Å². The highest BCUT2D eigenvalue weighted by Crippen LogP contribution is 2.36. The molecule has 3 aromatic rings. The number of phenolic OH excluding ortho intramolecular Hbond substituents is 1. The summed E-state index contributed by atoms with van der Waals surface area (Å²) in [6.45, 7) is 6.25. The molecule has 182 valence electrons. The van der Waals surface area contributed by atoms with Gasteiger partial charge in [-0.2, -0.15) is 0 Å². The van der Waals surface area contributed by atoms with Gasteiger partial charge in [0.25, 0.3) is 5.91 Å². The molecule has 0 saturated heterocycles. The van der Waals surface area contributed by atoms with Gasteiger partial charge in [0.05, 0.1) is 11.9 Å². The fourth-order valence-corrected chi connectivity index (χ4v) is 3.48. The van der Waals surface area contributed by atoms with Crippen molar-refractivity contribution in [1.29, 1.82) is 0 Å². The molecule has 11 heteroatoms. The van der Waals surface area contributed by atoms with E-state index in [1.807, 2.05) is 0 Å². The Hall–Kier alpha value is -3.63. The monoisotopic (exact) mass is 485 g/mol. The minimum absolute atomic E-state index is 0.0116. The highest BCUT2D eigenvalue weighted by Gasteiger charge is 2.31. The lowest BCUT2D eigenvalue weighted by Crippen LogP contribution is -2.25. The van der Waals surface area contributed by atoms with Gasteiger partial charge >= 0.3 is 12.3 Å². The first-order valence-corrected chi connectivity index (χ1v) is 9.92. The zero-order valence-electron chi connectivity index (χ0n) is 18.5. The Bertz CT molecular complexity index is 1270. The number of rotatable bonds is 4. The molecule has 0 aliphatic heterocycles. The van der Waals surface area contributed by atoms with Gasteiger partial charge in [0.1, 0.15) is 11.4 Å². The molecule has 0 aliphatic carbocycles. The average Bonchev–Trinajstić information content (AvgIpc) is 2.95. The van der Waals surface area contributed by atoms with Crippen LogP contribution in [0.5, 0.6) is 11.5 Å². The van der Waals surface area contributed by atoms with Crippen LogP contribution in [-0.4, -0.2) is 33.5 Å². The number of aromatic hydroxyl groups is 1. The SMILES string of the molecule is Cc1c(CC(=O)OC(C)(C)C)c2c(F)c(O)c(F)cc2n1C(=O)c1ccc(OC(F)(F)F)cc1. The summed E-state index contributed by atoms with van der Waals surface area (Å²) in [7, 11) is 0. The maximum Gasteiger partial charge on any atom is 0.573 e. The number of phenols is 1. The molecule has 0 saturated carbocycles. The maximum atomic E-state index is 14.9. The summed E-state index contributed by atoms with van der Waals surface area (Å²) in [4.78, 5) is 25.6. The van der Waals surface area contributed by atoms with E-state index in [0.717, 1.165) is 34.9 Å². The van der Waals surface area contributed by atoms with Crippen LogP contribution in [0.4, 0.5) is 22.0 Å². The molecule has 0 unspecified atom stereocenters. The van der Waals surface area contributed by atoms with Gasteiger partial charge in [0, 0.05) is 22.7 Å². The summed E-state index contributed by atoms with van der Waals surface area (Å²) in [5.74, 6) is -6.13. The Kier molecular flexibility index (Phi) is 6.34. The van der Waals surface area contributed by atoms with Gasteiger partial charge in [-0.25, -0.2) is 8.78 Å². The Morgan fingerprint density at radius 2 is 1.65 bits per heavy atom.